The molecule has 1 atom stereocenters. The van der Waals surface area contributed by atoms with E-state index in [1.165, 1.54) is 7.11 Å². The summed E-state index contributed by atoms with van der Waals surface area (Å²) >= 11 is 0. The van der Waals surface area contributed by atoms with E-state index in [4.69, 9.17) is 0 Å². The van der Waals surface area contributed by atoms with Crippen molar-refractivity contribution >= 4 is 11.8 Å². The lowest BCUT2D eigenvalue weighted by Gasteiger charge is -2.17. The lowest BCUT2D eigenvalue weighted by atomic mass is 9.89. The molecular weight excluding hydrogens is 144 g/mol. The summed E-state index contributed by atoms with van der Waals surface area (Å²) in [6.45, 7) is 1.78. The molecular formula is C8H12O3. The first-order valence-electron chi connectivity index (χ1n) is 3.68. The molecule has 3 nitrogen and oxygen atoms in total. The van der Waals surface area contributed by atoms with E-state index in [0.717, 1.165) is 0 Å². The summed E-state index contributed by atoms with van der Waals surface area (Å²) in [4.78, 5) is 22.0. The Labute approximate surface area is 65.7 Å². The third kappa shape index (κ3) is 1.42. The maximum atomic E-state index is 11.1. The van der Waals surface area contributed by atoms with Crippen molar-refractivity contribution < 1.29 is 14.3 Å². The second-order valence-corrected chi connectivity index (χ2v) is 3.27. The number of rotatable bonds is 1. The van der Waals surface area contributed by atoms with Gasteiger partial charge in [-0.15, -0.1) is 0 Å². The number of carbonyl (C=O) groups is 2. The second-order valence-electron chi connectivity index (χ2n) is 3.27. The number of carbonyl (C=O) groups excluding carboxylic acids is 2. The van der Waals surface area contributed by atoms with Crippen LogP contribution in [0.3, 0.4) is 0 Å². The van der Waals surface area contributed by atoms with Gasteiger partial charge in [-0.05, 0) is 13.3 Å². The molecule has 0 bridgehead atoms. The lowest BCUT2D eigenvalue weighted by molar-refractivity contribution is -0.152. The van der Waals surface area contributed by atoms with Crippen molar-refractivity contribution in [2.24, 2.45) is 5.41 Å². The molecule has 0 aromatic rings. The summed E-state index contributed by atoms with van der Waals surface area (Å²) in [6.07, 6.45) is 1.50. The largest absolute Gasteiger partial charge is 0.469 e. The van der Waals surface area contributed by atoms with Gasteiger partial charge in [-0.1, -0.05) is 0 Å². The fourth-order valence-electron chi connectivity index (χ4n) is 1.45. The maximum absolute atomic E-state index is 11.1. The van der Waals surface area contributed by atoms with Crippen molar-refractivity contribution in [2.75, 3.05) is 7.11 Å². The summed E-state index contributed by atoms with van der Waals surface area (Å²) in [6, 6.07) is 0. The van der Waals surface area contributed by atoms with Crippen molar-refractivity contribution in [3.63, 3.8) is 0 Å². The van der Waals surface area contributed by atoms with Gasteiger partial charge in [-0.2, -0.15) is 0 Å². The highest BCUT2D eigenvalue weighted by molar-refractivity contribution is 5.90. The van der Waals surface area contributed by atoms with Gasteiger partial charge in [0.1, 0.15) is 5.78 Å². The van der Waals surface area contributed by atoms with Crippen molar-refractivity contribution in [1.29, 1.82) is 0 Å². The van der Waals surface area contributed by atoms with E-state index in [-0.39, 0.29) is 11.8 Å². The zero-order valence-corrected chi connectivity index (χ0v) is 6.85. The minimum Gasteiger partial charge on any atom is -0.469 e. The van der Waals surface area contributed by atoms with E-state index in [1.54, 1.807) is 6.92 Å². The normalized spacial score (nSPS) is 30.5. The van der Waals surface area contributed by atoms with Gasteiger partial charge in [0, 0.05) is 12.8 Å². The minimum absolute atomic E-state index is 0.165. The van der Waals surface area contributed by atoms with E-state index >= 15 is 0 Å². The third-order valence-corrected chi connectivity index (χ3v) is 2.22. The third-order valence-electron chi connectivity index (χ3n) is 2.22. The molecule has 62 valence electrons. The first kappa shape index (κ1) is 8.24. The summed E-state index contributed by atoms with van der Waals surface area (Å²) in [5.74, 6) is -0.0961. The van der Waals surface area contributed by atoms with Crippen LogP contribution in [-0.4, -0.2) is 18.9 Å². The van der Waals surface area contributed by atoms with Crippen LogP contribution in [0.15, 0.2) is 0 Å². The molecule has 0 aromatic heterocycles. The Balaban J connectivity index is 2.69. The van der Waals surface area contributed by atoms with Crippen molar-refractivity contribution in [2.45, 2.75) is 26.2 Å². The van der Waals surface area contributed by atoms with Crippen LogP contribution in [0.4, 0.5) is 0 Å². The van der Waals surface area contributed by atoms with Crippen LogP contribution in [0.1, 0.15) is 26.2 Å². The quantitative estimate of drug-likeness (QED) is 0.530. The summed E-state index contributed by atoms with van der Waals surface area (Å²) in [5.41, 5.74) is -0.536. The standard InChI is InChI=1S/C8H12O3/c1-8(7(10)11-2)4-3-6(9)5-8/h3-5H2,1-2H3. The fraction of sp³-hybridized carbons (Fsp3) is 0.750. The van der Waals surface area contributed by atoms with Gasteiger partial charge in [-0.25, -0.2) is 0 Å². The predicted octanol–water partition coefficient (Wildman–Crippen LogP) is 0.919. The van der Waals surface area contributed by atoms with Gasteiger partial charge in [-0.3, -0.25) is 9.59 Å². The number of hydrogen-bond acceptors (Lipinski definition) is 3. The van der Waals surface area contributed by atoms with Crippen LogP contribution in [0.25, 0.3) is 0 Å². The molecule has 0 spiro atoms. The molecule has 1 aliphatic rings. The molecule has 1 saturated carbocycles. The number of methoxy groups -OCH3 is 1. The van der Waals surface area contributed by atoms with Crippen LogP contribution >= 0.6 is 0 Å². The molecule has 0 aromatic carbocycles. The van der Waals surface area contributed by atoms with Gasteiger partial charge >= 0.3 is 5.97 Å². The molecule has 0 amide bonds. The second kappa shape index (κ2) is 2.64. The Morgan fingerprint density at radius 1 is 1.64 bits per heavy atom. The SMILES string of the molecule is COC(=O)C1(C)CCC(=O)C1. The number of ether oxygens (including phenoxy) is 1. The first-order chi connectivity index (χ1) is 5.08. The Morgan fingerprint density at radius 3 is 2.64 bits per heavy atom. The first-order valence-corrected chi connectivity index (χ1v) is 3.68. The van der Waals surface area contributed by atoms with Crippen LogP contribution in [0, 0.1) is 5.41 Å². The molecule has 1 aliphatic carbocycles. The van der Waals surface area contributed by atoms with Crippen LogP contribution in [-0.2, 0) is 14.3 Å². The number of esters is 1. The number of hydrogen-bond donors (Lipinski definition) is 0. The summed E-state index contributed by atoms with van der Waals surface area (Å²) < 4.78 is 4.59. The zero-order valence-electron chi connectivity index (χ0n) is 6.85. The van der Waals surface area contributed by atoms with E-state index in [2.05, 4.69) is 4.74 Å². The van der Waals surface area contributed by atoms with Crippen molar-refractivity contribution in [3.05, 3.63) is 0 Å². The van der Waals surface area contributed by atoms with Crippen LogP contribution in [0.2, 0.25) is 0 Å². The Kier molecular flexibility index (Phi) is 1.98. The number of ketones is 1. The fourth-order valence-corrected chi connectivity index (χ4v) is 1.45. The summed E-state index contributed by atoms with van der Waals surface area (Å²) in [7, 11) is 1.36. The average Bonchev–Trinajstić information content (AvgIpc) is 2.31. The Hall–Kier alpha value is -0.860. The highest BCUT2D eigenvalue weighted by Crippen LogP contribution is 2.36. The van der Waals surface area contributed by atoms with E-state index < -0.39 is 5.41 Å². The smallest absolute Gasteiger partial charge is 0.311 e. The van der Waals surface area contributed by atoms with Gasteiger partial charge in [0.25, 0.3) is 0 Å². The molecule has 3 heteroatoms. The van der Waals surface area contributed by atoms with E-state index in [9.17, 15) is 9.59 Å². The van der Waals surface area contributed by atoms with Gasteiger partial charge in [0.2, 0.25) is 0 Å². The zero-order chi connectivity index (χ0) is 8.48. The molecule has 0 radical (unpaired) electrons. The van der Waals surface area contributed by atoms with Gasteiger partial charge in [0.05, 0.1) is 12.5 Å². The van der Waals surface area contributed by atoms with E-state index in [0.29, 0.717) is 19.3 Å². The van der Waals surface area contributed by atoms with Crippen molar-refractivity contribution in [1.82, 2.24) is 0 Å². The maximum Gasteiger partial charge on any atom is 0.311 e. The molecule has 11 heavy (non-hydrogen) atoms. The molecule has 0 N–H and O–H groups in total. The molecule has 1 unspecified atom stereocenters. The monoisotopic (exact) mass is 156 g/mol. The predicted molar refractivity (Wildman–Crippen MR) is 39.0 cm³/mol. The average molecular weight is 156 g/mol. The molecule has 0 aliphatic heterocycles. The van der Waals surface area contributed by atoms with Gasteiger partial charge in [0.15, 0.2) is 0 Å². The molecule has 0 saturated heterocycles. The molecule has 0 heterocycles. The summed E-state index contributed by atoms with van der Waals surface area (Å²) in [5, 5.41) is 0. The highest BCUT2D eigenvalue weighted by Gasteiger charge is 2.41. The lowest BCUT2D eigenvalue weighted by Crippen LogP contribution is -2.26. The minimum atomic E-state index is -0.536. The van der Waals surface area contributed by atoms with E-state index in [1.807, 2.05) is 0 Å². The number of Topliss-reactive ketones (excluding diaryl/α,β-unsaturated/α-hetero) is 1. The van der Waals surface area contributed by atoms with Crippen molar-refractivity contribution in [3.8, 4) is 0 Å². The van der Waals surface area contributed by atoms with Crippen LogP contribution < -0.4 is 0 Å². The highest BCUT2D eigenvalue weighted by atomic mass is 16.5. The Bertz CT molecular complexity index is 198. The van der Waals surface area contributed by atoms with Gasteiger partial charge < -0.3 is 4.74 Å². The van der Waals surface area contributed by atoms with Crippen LogP contribution in [0.5, 0.6) is 0 Å². The Morgan fingerprint density at radius 2 is 2.27 bits per heavy atom. The molecule has 1 rings (SSSR count). The topological polar surface area (TPSA) is 43.4 Å². The molecule has 1 fully saturated rings.